The van der Waals surface area contributed by atoms with Gasteiger partial charge in [-0.1, -0.05) is 72.1 Å². The number of carbonyl (C=O) groups is 1. The predicted octanol–water partition coefficient (Wildman–Crippen LogP) is 4.49. The van der Waals surface area contributed by atoms with Crippen molar-refractivity contribution in [2.45, 2.75) is 37.8 Å². The van der Waals surface area contributed by atoms with Gasteiger partial charge in [-0.3, -0.25) is 4.79 Å². The molecule has 2 aliphatic rings. The molecule has 0 radical (unpaired) electrons. The third-order valence-corrected chi connectivity index (χ3v) is 5.37. The molecular weight excluding hydrogens is 348 g/mol. The van der Waals surface area contributed by atoms with Crippen LogP contribution in [0.4, 0.5) is 0 Å². The van der Waals surface area contributed by atoms with Crippen LogP contribution in [0.2, 0.25) is 5.02 Å². The molecule has 0 spiro atoms. The molecule has 1 saturated carbocycles. The summed E-state index contributed by atoms with van der Waals surface area (Å²) >= 11 is 6.00. The van der Waals surface area contributed by atoms with Gasteiger partial charge in [0.05, 0.1) is 0 Å². The molecule has 0 bridgehead atoms. The lowest BCUT2D eigenvalue weighted by atomic mass is 9.87. The zero-order chi connectivity index (χ0) is 17.9. The zero-order valence-electron chi connectivity index (χ0n) is 14.4. The molecule has 1 aliphatic carbocycles. The number of oxime groups is 1. The molecule has 0 aromatic heterocycles. The van der Waals surface area contributed by atoms with E-state index in [2.05, 4.69) is 10.5 Å². The van der Waals surface area contributed by atoms with Crippen LogP contribution in [-0.4, -0.2) is 17.7 Å². The number of benzene rings is 2. The number of nitrogens with zero attached hydrogens (tertiary/aromatic N) is 1. The van der Waals surface area contributed by atoms with E-state index in [1.165, 1.54) is 12.8 Å². The molecule has 1 fully saturated rings. The number of hydrogen-bond acceptors (Lipinski definition) is 3. The highest BCUT2D eigenvalue weighted by atomic mass is 35.5. The standard InChI is InChI=1S/C21H21ClN2O2/c22-16-12-10-14(11-13-16)19-18(21(25)23-17-8-4-5-9-17)20(26-24-19)15-6-2-1-3-7-15/h1-3,6-7,10-13,17-18,20H,4-5,8-9H2,(H,23,25)/t18-,20+/m0/s1. The third-order valence-electron chi connectivity index (χ3n) is 5.11. The smallest absolute Gasteiger partial charge is 0.233 e. The molecule has 0 saturated heterocycles. The van der Waals surface area contributed by atoms with Gasteiger partial charge in [0.2, 0.25) is 5.91 Å². The van der Waals surface area contributed by atoms with E-state index in [0.29, 0.717) is 10.7 Å². The van der Waals surface area contributed by atoms with Gasteiger partial charge >= 0.3 is 0 Å². The first-order valence-electron chi connectivity index (χ1n) is 9.07. The zero-order valence-corrected chi connectivity index (χ0v) is 15.2. The van der Waals surface area contributed by atoms with E-state index < -0.39 is 12.0 Å². The highest BCUT2D eigenvalue weighted by molar-refractivity contribution is 6.30. The van der Waals surface area contributed by atoms with Crippen LogP contribution in [0, 0.1) is 5.92 Å². The van der Waals surface area contributed by atoms with Gasteiger partial charge in [-0.15, -0.1) is 0 Å². The van der Waals surface area contributed by atoms with Crippen LogP contribution in [0.3, 0.4) is 0 Å². The lowest BCUT2D eigenvalue weighted by Gasteiger charge is -2.21. The van der Waals surface area contributed by atoms with Crippen molar-refractivity contribution in [3.8, 4) is 0 Å². The number of amides is 1. The minimum atomic E-state index is -0.473. The molecule has 2 atom stereocenters. The monoisotopic (exact) mass is 368 g/mol. The van der Waals surface area contributed by atoms with Crippen LogP contribution >= 0.6 is 11.6 Å². The molecule has 4 rings (SSSR count). The van der Waals surface area contributed by atoms with Gasteiger partial charge in [-0.05, 0) is 30.5 Å². The van der Waals surface area contributed by atoms with Crippen molar-refractivity contribution in [3.63, 3.8) is 0 Å². The average molecular weight is 369 g/mol. The summed E-state index contributed by atoms with van der Waals surface area (Å²) in [6.45, 7) is 0. The molecule has 1 N–H and O–H groups in total. The number of nitrogens with one attached hydrogen (secondary N) is 1. The van der Waals surface area contributed by atoms with Crippen molar-refractivity contribution in [1.29, 1.82) is 0 Å². The maximum absolute atomic E-state index is 13.1. The van der Waals surface area contributed by atoms with Gasteiger partial charge in [-0.25, -0.2) is 0 Å². The fourth-order valence-corrected chi connectivity index (χ4v) is 3.87. The molecule has 2 aromatic rings. The molecule has 2 aromatic carbocycles. The van der Waals surface area contributed by atoms with E-state index in [0.717, 1.165) is 24.0 Å². The molecule has 1 aliphatic heterocycles. The first kappa shape index (κ1) is 17.1. The fourth-order valence-electron chi connectivity index (χ4n) is 3.75. The third kappa shape index (κ3) is 3.47. The second-order valence-corrected chi connectivity index (χ2v) is 7.32. The molecule has 1 heterocycles. The maximum atomic E-state index is 13.1. The van der Waals surface area contributed by atoms with Crippen molar-refractivity contribution in [3.05, 3.63) is 70.7 Å². The van der Waals surface area contributed by atoms with Crippen LogP contribution < -0.4 is 5.32 Å². The lowest BCUT2D eigenvalue weighted by molar-refractivity contribution is -0.126. The van der Waals surface area contributed by atoms with Crippen LogP contribution in [0.5, 0.6) is 0 Å². The van der Waals surface area contributed by atoms with Crippen molar-refractivity contribution >= 4 is 23.2 Å². The Morgan fingerprint density at radius 2 is 1.73 bits per heavy atom. The minimum absolute atomic E-state index is 0.0167. The van der Waals surface area contributed by atoms with Crippen LogP contribution in [-0.2, 0) is 9.63 Å². The van der Waals surface area contributed by atoms with Gasteiger partial charge in [0.25, 0.3) is 0 Å². The van der Waals surface area contributed by atoms with Gasteiger partial charge < -0.3 is 10.2 Å². The van der Waals surface area contributed by atoms with E-state index in [1.54, 1.807) is 12.1 Å². The molecular formula is C21H21ClN2O2. The normalized spacial score (nSPS) is 22.7. The topological polar surface area (TPSA) is 50.7 Å². The number of carbonyl (C=O) groups excluding carboxylic acids is 1. The Morgan fingerprint density at radius 3 is 2.42 bits per heavy atom. The summed E-state index contributed by atoms with van der Waals surface area (Å²) in [6.07, 6.45) is 4.02. The van der Waals surface area contributed by atoms with Crippen LogP contribution in [0.25, 0.3) is 0 Å². The SMILES string of the molecule is O=C(NC1CCCC1)[C@H]1C(c2ccc(Cl)cc2)=NO[C@@H]1c1ccccc1. The van der Waals surface area contributed by atoms with Crippen LogP contribution in [0.15, 0.2) is 59.8 Å². The van der Waals surface area contributed by atoms with Gasteiger partial charge in [0.15, 0.2) is 6.10 Å². The van der Waals surface area contributed by atoms with E-state index in [9.17, 15) is 4.79 Å². The predicted molar refractivity (Wildman–Crippen MR) is 102 cm³/mol. The van der Waals surface area contributed by atoms with Crippen molar-refractivity contribution in [2.24, 2.45) is 11.1 Å². The minimum Gasteiger partial charge on any atom is -0.386 e. The average Bonchev–Trinajstić information content (AvgIpc) is 3.32. The molecule has 0 unspecified atom stereocenters. The quantitative estimate of drug-likeness (QED) is 0.864. The Kier molecular flexibility index (Phi) is 4.93. The van der Waals surface area contributed by atoms with E-state index in [4.69, 9.17) is 16.4 Å². The van der Waals surface area contributed by atoms with E-state index in [1.807, 2.05) is 42.5 Å². The Bertz CT molecular complexity index is 799. The molecule has 5 heteroatoms. The summed E-state index contributed by atoms with van der Waals surface area (Å²) < 4.78 is 0. The van der Waals surface area contributed by atoms with E-state index in [-0.39, 0.29) is 11.9 Å². The van der Waals surface area contributed by atoms with E-state index >= 15 is 0 Å². The molecule has 1 amide bonds. The van der Waals surface area contributed by atoms with Gasteiger partial charge in [0.1, 0.15) is 11.6 Å². The van der Waals surface area contributed by atoms with Gasteiger partial charge in [0, 0.05) is 16.6 Å². The van der Waals surface area contributed by atoms with Gasteiger partial charge in [-0.2, -0.15) is 0 Å². The molecule has 26 heavy (non-hydrogen) atoms. The summed E-state index contributed by atoms with van der Waals surface area (Å²) in [5, 5.41) is 8.14. The Balaban J connectivity index is 1.64. The number of halogens is 1. The Hall–Kier alpha value is -2.33. The Labute approximate surface area is 158 Å². The summed E-state index contributed by atoms with van der Waals surface area (Å²) in [5.74, 6) is -0.490. The first-order chi connectivity index (χ1) is 12.7. The number of rotatable bonds is 4. The summed E-state index contributed by atoms with van der Waals surface area (Å²) in [6, 6.07) is 17.4. The molecule has 134 valence electrons. The fraction of sp³-hybridized carbons (Fsp3) is 0.333. The second-order valence-electron chi connectivity index (χ2n) is 6.89. The first-order valence-corrected chi connectivity index (χ1v) is 9.45. The summed E-state index contributed by atoms with van der Waals surface area (Å²) in [4.78, 5) is 18.9. The summed E-state index contributed by atoms with van der Waals surface area (Å²) in [7, 11) is 0. The van der Waals surface area contributed by atoms with Crippen LogP contribution in [0.1, 0.15) is 42.9 Å². The highest BCUT2D eigenvalue weighted by Gasteiger charge is 2.42. The molecule has 4 nitrogen and oxygen atoms in total. The summed E-state index contributed by atoms with van der Waals surface area (Å²) in [5.41, 5.74) is 2.47. The van der Waals surface area contributed by atoms with Crippen molar-refractivity contribution < 1.29 is 9.63 Å². The lowest BCUT2D eigenvalue weighted by Crippen LogP contribution is -2.41. The highest BCUT2D eigenvalue weighted by Crippen LogP contribution is 2.36. The second kappa shape index (κ2) is 7.50. The van der Waals surface area contributed by atoms with Crippen molar-refractivity contribution in [2.75, 3.05) is 0 Å². The maximum Gasteiger partial charge on any atom is 0.233 e. The Morgan fingerprint density at radius 1 is 1.04 bits per heavy atom. The number of hydrogen-bond donors (Lipinski definition) is 1. The van der Waals surface area contributed by atoms with Crippen molar-refractivity contribution in [1.82, 2.24) is 5.32 Å². The largest absolute Gasteiger partial charge is 0.386 e.